The molecule has 1 N–H and O–H groups in total. The van der Waals surface area contributed by atoms with E-state index in [1.165, 1.54) is 18.2 Å². The van der Waals surface area contributed by atoms with Crippen LogP contribution in [0.5, 0.6) is 0 Å². The lowest BCUT2D eigenvalue weighted by atomic mass is 10.2. The molecule has 0 bridgehead atoms. The molecule has 0 aliphatic heterocycles. The number of carboxylic acids is 1. The number of halogens is 3. The summed E-state index contributed by atoms with van der Waals surface area (Å²) in [6.07, 6.45) is 1.12. The molecule has 0 amide bonds. The van der Waals surface area contributed by atoms with Gasteiger partial charge in [0.05, 0.1) is 10.7 Å². The van der Waals surface area contributed by atoms with Crippen molar-refractivity contribution in [2.75, 3.05) is 0 Å². The largest absolute Gasteiger partial charge is 0.478 e. The topological polar surface area (TPSA) is 55.1 Å². The summed E-state index contributed by atoms with van der Waals surface area (Å²) in [4.78, 5) is 11.3. The van der Waals surface area contributed by atoms with Crippen molar-refractivity contribution in [3.05, 3.63) is 45.4 Å². The first-order valence-electron chi connectivity index (χ1n) is 5.92. The second kappa shape index (κ2) is 5.81. The smallest absolute Gasteiger partial charge is 0.340 e. The van der Waals surface area contributed by atoms with E-state index in [-0.39, 0.29) is 21.4 Å². The van der Waals surface area contributed by atoms with Crippen molar-refractivity contribution >= 4 is 29.2 Å². The highest BCUT2D eigenvalue weighted by Gasteiger charge is 2.24. The van der Waals surface area contributed by atoms with Gasteiger partial charge in [0.15, 0.2) is 0 Å². The quantitative estimate of drug-likeness (QED) is 0.928. The van der Waals surface area contributed by atoms with Crippen LogP contribution in [0.4, 0.5) is 4.39 Å². The monoisotopic (exact) mass is 316 g/mol. The molecule has 0 radical (unpaired) electrons. The molecule has 0 spiro atoms. The minimum absolute atomic E-state index is 0.0518. The second-order valence-corrected chi connectivity index (χ2v) is 4.91. The standard InChI is InChI=1S/C13H11Cl2FN2O2/c1-2-4-9-10(13(19)20)12(15)18(17-9)11-7(14)5-3-6-8(11)16/h3,5-6H,2,4H2,1H3,(H,19,20). The van der Waals surface area contributed by atoms with Crippen LogP contribution >= 0.6 is 23.2 Å². The fourth-order valence-electron chi connectivity index (χ4n) is 1.90. The van der Waals surface area contributed by atoms with Crippen LogP contribution in [0.2, 0.25) is 10.2 Å². The van der Waals surface area contributed by atoms with E-state index in [1.807, 2.05) is 6.92 Å². The SMILES string of the molecule is CCCc1nn(-c2c(F)cccc2Cl)c(Cl)c1C(=O)O. The summed E-state index contributed by atoms with van der Waals surface area (Å²) in [5.41, 5.74) is 0.140. The Balaban J connectivity index is 2.70. The normalized spacial score (nSPS) is 10.8. The Hall–Kier alpha value is -1.59. The first kappa shape index (κ1) is 14.8. The number of nitrogens with zero attached hydrogens (tertiary/aromatic N) is 2. The molecule has 0 saturated heterocycles. The fourth-order valence-corrected chi connectivity index (χ4v) is 2.46. The van der Waals surface area contributed by atoms with Crippen molar-refractivity contribution in [1.82, 2.24) is 9.78 Å². The van der Waals surface area contributed by atoms with E-state index in [2.05, 4.69) is 5.10 Å². The van der Waals surface area contributed by atoms with Crippen LogP contribution in [-0.4, -0.2) is 20.9 Å². The molecule has 1 aromatic carbocycles. The van der Waals surface area contributed by atoms with Gasteiger partial charge in [0, 0.05) is 0 Å². The van der Waals surface area contributed by atoms with E-state index in [1.54, 1.807) is 0 Å². The molecule has 0 unspecified atom stereocenters. The number of rotatable bonds is 4. The van der Waals surface area contributed by atoms with Crippen molar-refractivity contribution in [3.8, 4) is 5.69 Å². The van der Waals surface area contributed by atoms with Gasteiger partial charge in [0.2, 0.25) is 0 Å². The first-order valence-corrected chi connectivity index (χ1v) is 6.68. The third kappa shape index (κ3) is 2.51. The average molecular weight is 317 g/mol. The molecular weight excluding hydrogens is 306 g/mol. The number of aryl methyl sites for hydroxylation is 1. The van der Waals surface area contributed by atoms with Crippen LogP contribution in [-0.2, 0) is 6.42 Å². The molecule has 20 heavy (non-hydrogen) atoms. The van der Waals surface area contributed by atoms with Gasteiger partial charge in [-0.1, -0.05) is 42.6 Å². The van der Waals surface area contributed by atoms with E-state index < -0.39 is 11.8 Å². The van der Waals surface area contributed by atoms with Gasteiger partial charge in [0.25, 0.3) is 0 Å². The third-order valence-corrected chi connectivity index (χ3v) is 3.41. The van der Waals surface area contributed by atoms with Crippen LogP contribution in [0.15, 0.2) is 18.2 Å². The Kier molecular flexibility index (Phi) is 4.30. The Morgan fingerprint density at radius 1 is 1.45 bits per heavy atom. The minimum atomic E-state index is -1.20. The summed E-state index contributed by atoms with van der Waals surface area (Å²) in [6, 6.07) is 4.14. The van der Waals surface area contributed by atoms with E-state index >= 15 is 0 Å². The number of hydrogen-bond donors (Lipinski definition) is 1. The zero-order chi connectivity index (χ0) is 14.9. The number of para-hydroxylation sites is 1. The van der Waals surface area contributed by atoms with Crippen LogP contribution in [0.25, 0.3) is 5.69 Å². The fraction of sp³-hybridized carbons (Fsp3) is 0.231. The summed E-state index contributed by atoms with van der Waals surface area (Å²) < 4.78 is 14.9. The van der Waals surface area contributed by atoms with Gasteiger partial charge in [-0.15, -0.1) is 0 Å². The molecule has 0 atom stereocenters. The van der Waals surface area contributed by atoms with Crippen LogP contribution in [0.1, 0.15) is 29.4 Å². The lowest BCUT2D eigenvalue weighted by Crippen LogP contribution is -2.02. The van der Waals surface area contributed by atoms with Crippen LogP contribution < -0.4 is 0 Å². The Labute approximate surface area is 124 Å². The molecule has 0 aliphatic rings. The zero-order valence-electron chi connectivity index (χ0n) is 10.5. The molecule has 1 heterocycles. The van der Waals surface area contributed by atoms with Crippen LogP contribution in [0.3, 0.4) is 0 Å². The van der Waals surface area contributed by atoms with E-state index in [0.29, 0.717) is 18.5 Å². The summed E-state index contributed by atoms with van der Waals surface area (Å²) >= 11 is 12.0. The summed E-state index contributed by atoms with van der Waals surface area (Å²) in [6.45, 7) is 1.88. The number of hydrogen-bond acceptors (Lipinski definition) is 2. The van der Waals surface area contributed by atoms with Gasteiger partial charge in [-0.25, -0.2) is 13.9 Å². The Morgan fingerprint density at radius 3 is 2.70 bits per heavy atom. The number of benzene rings is 1. The number of carbonyl (C=O) groups is 1. The van der Waals surface area contributed by atoms with E-state index in [0.717, 1.165) is 4.68 Å². The van der Waals surface area contributed by atoms with E-state index in [9.17, 15) is 14.3 Å². The van der Waals surface area contributed by atoms with Gasteiger partial charge >= 0.3 is 5.97 Å². The van der Waals surface area contributed by atoms with Gasteiger partial charge in [-0.3, -0.25) is 0 Å². The van der Waals surface area contributed by atoms with Gasteiger partial charge in [-0.05, 0) is 18.6 Å². The van der Waals surface area contributed by atoms with Crippen molar-refractivity contribution in [2.45, 2.75) is 19.8 Å². The summed E-state index contributed by atoms with van der Waals surface area (Å²) in [5, 5.41) is 13.2. The predicted octanol–water partition coefficient (Wildman–Crippen LogP) is 3.97. The van der Waals surface area contributed by atoms with Crippen molar-refractivity contribution < 1.29 is 14.3 Å². The lowest BCUT2D eigenvalue weighted by molar-refractivity contribution is 0.0696. The molecule has 2 aromatic rings. The highest BCUT2D eigenvalue weighted by molar-refractivity contribution is 6.34. The highest BCUT2D eigenvalue weighted by Crippen LogP contribution is 2.30. The highest BCUT2D eigenvalue weighted by atomic mass is 35.5. The van der Waals surface area contributed by atoms with E-state index in [4.69, 9.17) is 23.2 Å². The third-order valence-electron chi connectivity index (χ3n) is 2.75. The zero-order valence-corrected chi connectivity index (χ0v) is 12.0. The molecule has 0 saturated carbocycles. The molecule has 7 heteroatoms. The maximum Gasteiger partial charge on any atom is 0.340 e. The van der Waals surface area contributed by atoms with Gasteiger partial charge < -0.3 is 5.11 Å². The predicted molar refractivity (Wildman–Crippen MR) is 74.5 cm³/mol. The summed E-state index contributed by atoms with van der Waals surface area (Å²) in [5.74, 6) is -1.82. The maximum absolute atomic E-state index is 13.9. The Morgan fingerprint density at radius 2 is 2.15 bits per heavy atom. The molecular formula is C13H11Cl2FN2O2. The van der Waals surface area contributed by atoms with Crippen molar-refractivity contribution in [3.63, 3.8) is 0 Å². The Bertz CT molecular complexity index is 650. The molecule has 1 aromatic heterocycles. The number of carboxylic acid groups (broad SMARTS) is 1. The first-order chi connectivity index (χ1) is 9.47. The molecule has 2 rings (SSSR count). The molecule has 0 fully saturated rings. The van der Waals surface area contributed by atoms with Gasteiger partial charge in [0.1, 0.15) is 22.2 Å². The minimum Gasteiger partial charge on any atom is -0.478 e. The maximum atomic E-state index is 13.9. The average Bonchev–Trinajstić information content (AvgIpc) is 2.67. The lowest BCUT2D eigenvalue weighted by Gasteiger charge is -2.06. The number of aromatic carboxylic acids is 1. The van der Waals surface area contributed by atoms with Crippen LogP contribution in [0, 0.1) is 5.82 Å². The number of aromatic nitrogens is 2. The molecule has 0 aliphatic carbocycles. The van der Waals surface area contributed by atoms with Gasteiger partial charge in [-0.2, -0.15) is 5.10 Å². The molecule has 106 valence electrons. The van der Waals surface area contributed by atoms with Crippen molar-refractivity contribution in [2.24, 2.45) is 0 Å². The second-order valence-electron chi connectivity index (χ2n) is 4.15. The molecule has 4 nitrogen and oxygen atoms in total. The van der Waals surface area contributed by atoms with Crippen molar-refractivity contribution in [1.29, 1.82) is 0 Å². The summed E-state index contributed by atoms with van der Waals surface area (Å²) in [7, 11) is 0.